The highest BCUT2D eigenvalue weighted by atomic mass is 127. The second-order valence-electron chi connectivity index (χ2n) is 8.00. The lowest BCUT2D eigenvalue weighted by molar-refractivity contribution is -0.139. The van der Waals surface area contributed by atoms with Gasteiger partial charge in [0.1, 0.15) is 0 Å². The number of rotatable bonds is 6. The number of benzene rings is 2. The minimum atomic E-state index is -0.646. The maximum Gasteiger partial charge on any atom is 0.338 e. The summed E-state index contributed by atoms with van der Waals surface area (Å²) in [5.41, 5.74) is 3.22. The van der Waals surface area contributed by atoms with Crippen molar-refractivity contribution in [3.63, 3.8) is 0 Å². The Morgan fingerprint density at radius 1 is 1.20 bits per heavy atom. The molecule has 2 heterocycles. The van der Waals surface area contributed by atoms with Gasteiger partial charge in [-0.3, -0.25) is 9.36 Å². The average molecular weight is 604 g/mol. The van der Waals surface area contributed by atoms with E-state index >= 15 is 0 Å². The van der Waals surface area contributed by atoms with Crippen LogP contribution in [0.1, 0.15) is 43.5 Å². The zero-order chi connectivity index (χ0) is 25.3. The van der Waals surface area contributed by atoms with Crippen molar-refractivity contribution >= 4 is 46.0 Å². The Balaban J connectivity index is 1.93. The Bertz CT molecular complexity index is 1500. The number of thiazole rings is 1. The summed E-state index contributed by atoms with van der Waals surface area (Å²) in [4.78, 5) is 31.7. The molecule has 1 aromatic heterocycles. The largest absolute Gasteiger partial charge is 0.504 e. The normalized spacial score (nSPS) is 15.6. The molecule has 0 spiro atoms. The summed E-state index contributed by atoms with van der Waals surface area (Å²) in [6, 6.07) is 10.6. The molecule has 4 rings (SSSR count). The monoisotopic (exact) mass is 604 g/mol. The van der Waals surface area contributed by atoms with Gasteiger partial charge in [0.2, 0.25) is 0 Å². The zero-order valence-corrected chi connectivity index (χ0v) is 22.8. The van der Waals surface area contributed by atoms with Gasteiger partial charge in [0.05, 0.1) is 38.6 Å². The van der Waals surface area contributed by atoms with Crippen LogP contribution in [-0.2, 0) is 9.53 Å². The number of allylic oxidation sites excluding steroid dienone is 1. The van der Waals surface area contributed by atoms with Crippen molar-refractivity contribution in [3.8, 4) is 11.5 Å². The predicted molar refractivity (Wildman–Crippen MR) is 144 cm³/mol. The van der Waals surface area contributed by atoms with Gasteiger partial charge in [0.25, 0.3) is 5.56 Å². The van der Waals surface area contributed by atoms with Crippen LogP contribution in [0.15, 0.2) is 57.5 Å². The Labute approximate surface area is 220 Å². The molecule has 1 N–H and O–H groups in total. The van der Waals surface area contributed by atoms with Gasteiger partial charge in [-0.1, -0.05) is 41.2 Å². The van der Waals surface area contributed by atoms with Crippen molar-refractivity contribution < 1.29 is 19.4 Å². The summed E-state index contributed by atoms with van der Waals surface area (Å²) in [5, 5.41) is 10.3. The van der Waals surface area contributed by atoms with Crippen LogP contribution in [-0.4, -0.2) is 28.9 Å². The van der Waals surface area contributed by atoms with Crippen molar-refractivity contribution in [2.75, 3.05) is 13.2 Å². The van der Waals surface area contributed by atoms with Gasteiger partial charge in [-0.05, 0) is 79.6 Å². The number of carbonyl (C=O) groups is 1. The molecular weight excluding hydrogens is 579 g/mol. The van der Waals surface area contributed by atoms with Gasteiger partial charge >= 0.3 is 5.97 Å². The number of aromatic hydroxyl groups is 1. The molecule has 7 nitrogen and oxygen atoms in total. The number of esters is 1. The fourth-order valence-electron chi connectivity index (χ4n) is 3.95. The molecule has 0 radical (unpaired) electrons. The van der Waals surface area contributed by atoms with Crippen molar-refractivity contribution in [1.82, 2.24) is 4.57 Å². The third kappa shape index (κ3) is 4.92. The fraction of sp³-hybridized carbons (Fsp3) is 0.269. The van der Waals surface area contributed by atoms with Gasteiger partial charge in [0, 0.05) is 0 Å². The highest BCUT2D eigenvalue weighted by Crippen LogP contribution is 2.33. The van der Waals surface area contributed by atoms with Gasteiger partial charge in [-0.15, -0.1) is 0 Å². The Morgan fingerprint density at radius 3 is 2.57 bits per heavy atom. The number of nitrogens with zero attached hydrogens (tertiary/aromatic N) is 2. The van der Waals surface area contributed by atoms with Crippen LogP contribution >= 0.6 is 33.9 Å². The number of phenols is 1. The third-order valence-corrected chi connectivity index (χ3v) is 7.36. The summed E-state index contributed by atoms with van der Waals surface area (Å²) in [6.07, 6.45) is 1.75. The molecule has 0 aliphatic carbocycles. The highest BCUT2D eigenvalue weighted by Gasteiger charge is 2.33. The topological polar surface area (TPSA) is 90.1 Å². The molecule has 1 aliphatic heterocycles. The Hall–Kier alpha value is -2.92. The smallest absolute Gasteiger partial charge is 0.338 e. The summed E-state index contributed by atoms with van der Waals surface area (Å²) >= 11 is 3.29. The SMILES string of the molecule is CCOC(=O)C1=C(C)N=c2s/c(=C\c3cc(I)c(O)c(OCC)c3)c(=O)n2[C@@H]1c1ccc(C)cc1. The molecule has 0 saturated carbocycles. The van der Waals surface area contributed by atoms with E-state index in [-0.39, 0.29) is 17.9 Å². The van der Waals surface area contributed by atoms with Crippen LogP contribution in [0.25, 0.3) is 6.08 Å². The number of halogens is 1. The van der Waals surface area contributed by atoms with Gasteiger partial charge in [0.15, 0.2) is 16.3 Å². The van der Waals surface area contributed by atoms with E-state index in [2.05, 4.69) is 4.99 Å². The lowest BCUT2D eigenvalue weighted by atomic mass is 9.95. The number of carbonyl (C=O) groups excluding carboxylic acids is 1. The number of ether oxygens (including phenoxy) is 2. The Morgan fingerprint density at radius 2 is 1.91 bits per heavy atom. The molecule has 9 heteroatoms. The first-order chi connectivity index (χ1) is 16.7. The number of hydrogen-bond donors (Lipinski definition) is 1. The summed E-state index contributed by atoms with van der Waals surface area (Å²) in [7, 11) is 0. The maximum atomic E-state index is 13.7. The van der Waals surface area contributed by atoms with Crippen molar-refractivity contribution in [2.24, 2.45) is 4.99 Å². The lowest BCUT2D eigenvalue weighted by Gasteiger charge is -2.24. The molecular formula is C26H25IN2O5S. The number of fused-ring (bicyclic) bond motifs is 1. The average Bonchev–Trinajstić information content (AvgIpc) is 3.11. The number of phenolic OH excluding ortho intramolecular Hbond substituents is 1. The minimum absolute atomic E-state index is 0.0696. The molecule has 3 aromatic rings. The van der Waals surface area contributed by atoms with E-state index in [4.69, 9.17) is 9.47 Å². The molecule has 1 atom stereocenters. The van der Waals surface area contributed by atoms with Crippen LogP contribution in [0.4, 0.5) is 0 Å². The summed E-state index contributed by atoms with van der Waals surface area (Å²) in [5.74, 6) is -0.0559. The first-order valence-electron chi connectivity index (χ1n) is 11.2. The van der Waals surface area contributed by atoms with E-state index in [1.165, 1.54) is 11.3 Å². The molecule has 182 valence electrons. The molecule has 2 aromatic carbocycles. The van der Waals surface area contributed by atoms with E-state index in [0.29, 0.717) is 42.1 Å². The van der Waals surface area contributed by atoms with Gasteiger partial charge < -0.3 is 14.6 Å². The number of aryl methyl sites for hydroxylation is 1. The maximum absolute atomic E-state index is 13.7. The second-order valence-corrected chi connectivity index (χ2v) is 10.2. The lowest BCUT2D eigenvalue weighted by Crippen LogP contribution is -2.39. The second kappa shape index (κ2) is 10.4. The zero-order valence-electron chi connectivity index (χ0n) is 19.8. The van der Waals surface area contributed by atoms with E-state index in [9.17, 15) is 14.7 Å². The molecule has 35 heavy (non-hydrogen) atoms. The third-order valence-electron chi connectivity index (χ3n) is 5.56. The minimum Gasteiger partial charge on any atom is -0.504 e. The summed E-state index contributed by atoms with van der Waals surface area (Å²) < 4.78 is 13.5. The van der Waals surface area contributed by atoms with Crippen LogP contribution in [0.2, 0.25) is 0 Å². The van der Waals surface area contributed by atoms with Crippen LogP contribution in [0.3, 0.4) is 0 Å². The van der Waals surface area contributed by atoms with Crippen LogP contribution < -0.4 is 19.6 Å². The van der Waals surface area contributed by atoms with Gasteiger partial charge in [-0.25, -0.2) is 9.79 Å². The number of aromatic nitrogens is 1. The van der Waals surface area contributed by atoms with Crippen LogP contribution in [0, 0.1) is 10.5 Å². The number of hydrogen-bond acceptors (Lipinski definition) is 7. The Kier molecular flexibility index (Phi) is 7.46. The molecule has 0 unspecified atom stereocenters. The first kappa shape index (κ1) is 25.2. The first-order valence-corrected chi connectivity index (χ1v) is 13.1. The standard InChI is InChI=1S/C26H25IN2O5S/c1-5-33-19-12-16(11-18(27)23(19)30)13-20-24(31)29-22(17-9-7-14(3)8-10-17)21(25(32)34-6-2)15(4)28-26(29)35-20/h7-13,22,30H,5-6H2,1-4H3/b20-13-/t22-/m1/s1. The van der Waals surface area contributed by atoms with Crippen molar-refractivity contribution in [2.45, 2.75) is 33.7 Å². The van der Waals surface area contributed by atoms with Crippen molar-refractivity contribution in [1.29, 1.82) is 0 Å². The molecule has 0 amide bonds. The molecule has 0 saturated heterocycles. The fourth-order valence-corrected chi connectivity index (χ4v) is 5.62. The summed E-state index contributed by atoms with van der Waals surface area (Å²) in [6.45, 7) is 7.97. The van der Waals surface area contributed by atoms with Gasteiger partial charge in [-0.2, -0.15) is 0 Å². The molecule has 1 aliphatic rings. The van der Waals surface area contributed by atoms with E-state index in [1.807, 2.05) is 60.7 Å². The predicted octanol–water partition coefficient (Wildman–Crippen LogP) is 3.82. The van der Waals surface area contributed by atoms with E-state index < -0.39 is 12.0 Å². The molecule has 0 fully saturated rings. The van der Waals surface area contributed by atoms with E-state index in [1.54, 1.807) is 36.6 Å². The molecule has 0 bridgehead atoms. The van der Waals surface area contributed by atoms with Crippen molar-refractivity contribution in [3.05, 3.63) is 87.6 Å². The van der Waals surface area contributed by atoms with E-state index in [0.717, 1.165) is 11.1 Å². The van der Waals surface area contributed by atoms with Crippen LogP contribution in [0.5, 0.6) is 11.5 Å². The quantitative estimate of drug-likeness (QED) is 0.342. The highest BCUT2D eigenvalue weighted by molar-refractivity contribution is 14.1.